The second kappa shape index (κ2) is 9.82. The fourth-order valence-corrected chi connectivity index (χ4v) is 3.43. The number of aryl methyl sites for hydroxylation is 2. The van der Waals surface area contributed by atoms with Gasteiger partial charge in [-0.3, -0.25) is 9.98 Å². The second-order valence-corrected chi connectivity index (χ2v) is 7.85. The number of hydrogen-bond acceptors (Lipinski definition) is 2. The fraction of sp³-hybridized carbons (Fsp3) is 0.103. The van der Waals surface area contributed by atoms with E-state index in [-0.39, 0.29) is 0 Å². The molecule has 0 spiro atoms. The van der Waals surface area contributed by atoms with Gasteiger partial charge in [0.2, 0.25) is 0 Å². The first kappa shape index (κ1) is 20.5. The molecule has 0 unspecified atom stereocenters. The van der Waals surface area contributed by atoms with Crippen molar-refractivity contribution in [1.29, 1.82) is 0 Å². The lowest BCUT2D eigenvalue weighted by Gasteiger charge is -2.04. The van der Waals surface area contributed by atoms with Gasteiger partial charge >= 0.3 is 0 Å². The topological polar surface area (TPSA) is 24.7 Å². The van der Waals surface area contributed by atoms with Crippen LogP contribution in [0.15, 0.2) is 107 Å². The maximum Gasteiger partial charge on any atom is 0.0630 e. The molecule has 0 aromatic heterocycles. The van der Waals surface area contributed by atoms with Gasteiger partial charge in [-0.15, -0.1) is 0 Å². The van der Waals surface area contributed by atoms with Gasteiger partial charge in [-0.25, -0.2) is 0 Å². The van der Waals surface area contributed by atoms with E-state index in [0.29, 0.717) is 0 Å². The summed E-state index contributed by atoms with van der Waals surface area (Å²) in [6, 6.07) is 33.6. The van der Waals surface area contributed by atoms with E-state index < -0.39 is 0 Å². The molecule has 0 atom stereocenters. The monoisotopic (exact) mass is 402 g/mol. The van der Waals surface area contributed by atoms with E-state index in [1.165, 1.54) is 22.3 Å². The van der Waals surface area contributed by atoms with Crippen LogP contribution in [0.3, 0.4) is 0 Å². The zero-order valence-electron chi connectivity index (χ0n) is 18.0. The van der Waals surface area contributed by atoms with Gasteiger partial charge < -0.3 is 0 Å². The Morgan fingerprint density at radius 2 is 0.968 bits per heavy atom. The Morgan fingerprint density at radius 3 is 1.35 bits per heavy atom. The predicted molar refractivity (Wildman–Crippen MR) is 133 cm³/mol. The minimum Gasteiger partial charge on any atom is -0.256 e. The minimum atomic E-state index is 0.893. The number of hydrogen-bond donors (Lipinski definition) is 0. The Kier molecular flexibility index (Phi) is 6.49. The highest BCUT2D eigenvalue weighted by atomic mass is 14.7. The molecule has 0 saturated carbocycles. The van der Waals surface area contributed by atoms with Gasteiger partial charge in [0.15, 0.2) is 0 Å². The van der Waals surface area contributed by atoms with Crippen molar-refractivity contribution in [1.82, 2.24) is 0 Å². The molecule has 0 amide bonds. The van der Waals surface area contributed by atoms with Gasteiger partial charge in [-0.1, -0.05) is 83.9 Å². The van der Waals surface area contributed by atoms with Crippen molar-refractivity contribution in [3.05, 3.63) is 130 Å². The van der Waals surface area contributed by atoms with Gasteiger partial charge in [0.1, 0.15) is 0 Å². The third kappa shape index (κ3) is 6.10. The summed E-state index contributed by atoms with van der Waals surface area (Å²) in [4.78, 5) is 9.17. The summed E-state index contributed by atoms with van der Waals surface area (Å²) >= 11 is 0. The summed E-state index contributed by atoms with van der Waals surface area (Å²) in [6.45, 7) is 4.18. The van der Waals surface area contributed by atoms with Crippen LogP contribution in [-0.4, -0.2) is 12.4 Å². The van der Waals surface area contributed by atoms with Gasteiger partial charge in [-0.2, -0.15) is 0 Å². The summed E-state index contributed by atoms with van der Waals surface area (Å²) in [7, 11) is 0. The van der Waals surface area contributed by atoms with E-state index in [1.807, 2.05) is 12.4 Å². The van der Waals surface area contributed by atoms with E-state index in [2.05, 4.69) is 121 Å². The van der Waals surface area contributed by atoms with Crippen LogP contribution in [0, 0.1) is 13.8 Å². The quantitative estimate of drug-likeness (QED) is 0.300. The highest BCUT2D eigenvalue weighted by Crippen LogP contribution is 2.19. The molecule has 2 nitrogen and oxygen atoms in total. The largest absolute Gasteiger partial charge is 0.256 e. The molecule has 0 N–H and O–H groups in total. The summed E-state index contributed by atoms with van der Waals surface area (Å²) < 4.78 is 0. The van der Waals surface area contributed by atoms with Crippen molar-refractivity contribution in [2.75, 3.05) is 0 Å². The third-order valence-corrected chi connectivity index (χ3v) is 5.09. The van der Waals surface area contributed by atoms with Gasteiger partial charge in [0.05, 0.1) is 11.4 Å². The SMILES string of the molecule is Cc1cccc(C=Nc2ccc(Cc3ccc(N=Cc4cccc(C)c4)cc3)cc2)c1. The predicted octanol–water partition coefficient (Wildman–Crippen LogP) is 7.40. The fourth-order valence-electron chi connectivity index (χ4n) is 3.43. The third-order valence-electron chi connectivity index (χ3n) is 5.09. The van der Waals surface area contributed by atoms with Crippen molar-refractivity contribution in [2.45, 2.75) is 20.3 Å². The molecule has 2 heteroatoms. The number of benzene rings is 4. The standard InChI is InChI=1S/C29H26N2/c1-22-5-3-7-26(17-22)20-30-28-13-9-24(10-14-28)19-25-11-15-29(16-12-25)31-21-27-8-4-6-23(2)18-27/h3-18,20-21H,19H2,1-2H3. The zero-order valence-corrected chi connectivity index (χ0v) is 18.0. The van der Waals surface area contributed by atoms with Crippen LogP contribution < -0.4 is 0 Å². The second-order valence-electron chi connectivity index (χ2n) is 7.85. The van der Waals surface area contributed by atoms with E-state index in [1.54, 1.807) is 0 Å². The summed E-state index contributed by atoms with van der Waals surface area (Å²) in [5, 5.41) is 0. The molecule has 0 heterocycles. The lowest BCUT2D eigenvalue weighted by atomic mass is 10.0. The Labute approximate surface area is 184 Å². The molecule has 4 aromatic rings. The van der Waals surface area contributed by atoms with Crippen molar-refractivity contribution in [3.8, 4) is 0 Å². The molecule has 0 aliphatic carbocycles. The summed E-state index contributed by atoms with van der Waals surface area (Å²) in [5.41, 5.74) is 9.19. The van der Waals surface area contributed by atoms with Gasteiger partial charge in [0, 0.05) is 12.4 Å². The molecule has 0 saturated heterocycles. The van der Waals surface area contributed by atoms with E-state index in [9.17, 15) is 0 Å². The average Bonchev–Trinajstić information content (AvgIpc) is 2.78. The van der Waals surface area contributed by atoms with Crippen LogP contribution in [0.25, 0.3) is 0 Å². The number of rotatable bonds is 6. The van der Waals surface area contributed by atoms with Crippen LogP contribution in [-0.2, 0) is 6.42 Å². The highest BCUT2D eigenvalue weighted by Gasteiger charge is 1.98. The molecule has 0 aliphatic heterocycles. The van der Waals surface area contributed by atoms with Crippen molar-refractivity contribution in [3.63, 3.8) is 0 Å². The van der Waals surface area contributed by atoms with Crippen LogP contribution >= 0.6 is 0 Å². The number of nitrogens with zero attached hydrogens (tertiary/aromatic N) is 2. The minimum absolute atomic E-state index is 0.893. The maximum absolute atomic E-state index is 4.59. The lowest BCUT2D eigenvalue weighted by molar-refractivity contribution is 1.19. The average molecular weight is 403 g/mol. The van der Waals surface area contributed by atoms with Crippen molar-refractivity contribution in [2.24, 2.45) is 9.98 Å². The zero-order chi connectivity index (χ0) is 21.5. The Bertz CT molecular complexity index is 1100. The summed E-state index contributed by atoms with van der Waals surface area (Å²) in [6.07, 6.45) is 4.72. The highest BCUT2D eigenvalue weighted by molar-refractivity contribution is 5.82. The summed E-state index contributed by atoms with van der Waals surface area (Å²) in [5.74, 6) is 0. The lowest BCUT2D eigenvalue weighted by Crippen LogP contribution is -1.87. The van der Waals surface area contributed by atoms with Crippen LogP contribution in [0.5, 0.6) is 0 Å². The molecule has 0 bridgehead atoms. The van der Waals surface area contributed by atoms with Crippen molar-refractivity contribution >= 4 is 23.8 Å². The molecule has 0 radical (unpaired) electrons. The molecular weight excluding hydrogens is 376 g/mol. The van der Waals surface area contributed by atoms with E-state index in [0.717, 1.165) is 28.9 Å². The molecule has 4 rings (SSSR count). The molecule has 152 valence electrons. The first-order valence-corrected chi connectivity index (χ1v) is 10.5. The molecule has 4 aromatic carbocycles. The van der Waals surface area contributed by atoms with E-state index in [4.69, 9.17) is 0 Å². The Morgan fingerprint density at radius 1 is 0.548 bits per heavy atom. The first-order chi connectivity index (χ1) is 15.1. The first-order valence-electron chi connectivity index (χ1n) is 10.5. The molecule has 31 heavy (non-hydrogen) atoms. The van der Waals surface area contributed by atoms with E-state index >= 15 is 0 Å². The van der Waals surface area contributed by atoms with Crippen LogP contribution in [0.2, 0.25) is 0 Å². The smallest absolute Gasteiger partial charge is 0.0630 e. The van der Waals surface area contributed by atoms with Gasteiger partial charge in [-0.05, 0) is 66.8 Å². The Hall–Kier alpha value is -3.78. The van der Waals surface area contributed by atoms with Gasteiger partial charge in [0.25, 0.3) is 0 Å². The molecular formula is C29H26N2. The normalized spacial score (nSPS) is 11.4. The molecule has 0 aliphatic rings. The van der Waals surface area contributed by atoms with Crippen LogP contribution in [0.4, 0.5) is 11.4 Å². The van der Waals surface area contributed by atoms with Crippen molar-refractivity contribution < 1.29 is 0 Å². The number of aliphatic imine (C=N–C) groups is 2. The maximum atomic E-state index is 4.59. The molecule has 0 fully saturated rings. The van der Waals surface area contributed by atoms with Crippen LogP contribution in [0.1, 0.15) is 33.4 Å². The Balaban J connectivity index is 1.37.